The van der Waals surface area contributed by atoms with E-state index in [0.717, 1.165) is 0 Å². The maximum absolute atomic E-state index is 12.4. The highest BCUT2D eigenvalue weighted by molar-refractivity contribution is 7.88. The Morgan fingerprint density at radius 3 is 2.41 bits per heavy atom. The Bertz CT molecular complexity index is 878. The lowest BCUT2D eigenvalue weighted by Gasteiger charge is -2.21. The van der Waals surface area contributed by atoms with E-state index in [1.54, 1.807) is 30.3 Å². The highest BCUT2D eigenvalue weighted by Gasteiger charge is 2.27. The number of rotatable bonds is 15. The molecule has 0 aliphatic carbocycles. The number of nitrogens with two attached hydrogens (primary N) is 1. The first-order valence-electron chi connectivity index (χ1n) is 9.97. The number of carbonyl (C=O) groups excluding carboxylic acids is 3. The first kappa shape index (κ1) is 27.1. The van der Waals surface area contributed by atoms with Crippen LogP contribution in [0.2, 0.25) is 0 Å². The molecule has 1 aromatic rings. The second kappa shape index (κ2) is 13.5. The van der Waals surface area contributed by atoms with Crippen LogP contribution in [0, 0.1) is 0 Å². The smallest absolute Gasteiger partial charge is 0.242 e. The van der Waals surface area contributed by atoms with E-state index in [1.165, 1.54) is 6.92 Å². The van der Waals surface area contributed by atoms with Crippen LogP contribution in [0.15, 0.2) is 42.7 Å². The normalized spacial score (nSPS) is 13.9. The SMILES string of the molecule is C=C(N)NCCCC(C=O)NC(=O)C(C)NC(=O)C(CO)NS(=O)(=O)Cc1ccccc1. The Morgan fingerprint density at radius 1 is 1.19 bits per heavy atom. The average molecular weight is 470 g/mol. The van der Waals surface area contributed by atoms with Crippen LogP contribution < -0.4 is 26.4 Å². The molecule has 7 N–H and O–H groups in total. The molecular formula is C20H31N5O6S. The standard InChI is InChI=1S/C20H31N5O6S/c1-14(19(28)24-17(11-26)9-6-10-22-15(2)21)23-20(29)18(12-27)25-32(30,31)13-16-7-4-3-5-8-16/h3-5,7-8,11,14,17-18,22,25,27H,2,6,9-10,12-13,21H2,1H3,(H,23,29)(H,24,28). The van der Waals surface area contributed by atoms with Crippen molar-refractivity contribution in [3.05, 3.63) is 48.3 Å². The van der Waals surface area contributed by atoms with Gasteiger partial charge in [-0.05, 0) is 25.3 Å². The molecule has 12 heteroatoms. The van der Waals surface area contributed by atoms with E-state index < -0.39 is 46.6 Å². The second-order valence-corrected chi connectivity index (χ2v) is 8.93. The summed E-state index contributed by atoms with van der Waals surface area (Å²) < 4.78 is 26.7. The zero-order valence-corrected chi connectivity index (χ0v) is 18.7. The van der Waals surface area contributed by atoms with Gasteiger partial charge in [-0.1, -0.05) is 36.9 Å². The molecular weight excluding hydrogens is 438 g/mol. The number of nitrogens with one attached hydrogen (secondary N) is 4. The fourth-order valence-corrected chi connectivity index (χ4v) is 3.99. The van der Waals surface area contributed by atoms with Gasteiger partial charge in [0, 0.05) is 6.54 Å². The Kier molecular flexibility index (Phi) is 11.4. The lowest BCUT2D eigenvalue weighted by atomic mass is 10.1. The average Bonchev–Trinajstić information content (AvgIpc) is 2.74. The molecule has 0 aromatic heterocycles. The Balaban J connectivity index is 2.58. The highest BCUT2D eigenvalue weighted by Crippen LogP contribution is 2.05. The van der Waals surface area contributed by atoms with Crippen molar-refractivity contribution in [2.45, 2.75) is 43.6 Å². The Morgan fingerprint density at radius 2 is 1.84 bits per heavy atom. The molecule has 0 saturated heterocycles. The fourth-order valence-electron chi connectivity index (χ4n) is 2.66. The summed E-state index contributed by atoms with van der Waals surface area (Å²) in [5.41, 5.74) is 5.89. The number of sulfonamides is 1. The fraction of sp³-hybridized carbons (Fsp3) is 0.450. The van der Waals surface area contributed by atoms with E-state index in [1.807, 2.05) is 0 Å². The largest absolute Gasteiger partial charge is 0.394 e. The minimum Gasteiger partial charge on any atom is -0.394 e. The molecule has 11 nitrogen and oxygen atoms in total. The van der Waals surface area contributed by atoms with E-state index in [4.69, 9.17) is 5.73 Å². The molecule has 3 unspecified atom stereocenters. The minimum absolute atomic E-state index is 0.297. The van der Waals surface area contributed by atoms with Gasteiger partial charge >= 0.3 is 0 Å². The van der Waals surface area contributed by atoms with Gasteiger partial charge in [-0.3, -0.25) is 9.59 Å². The molecule has 3 atom stereocenters. The number of hydrogen-bond acceptors (Lipinski definition) is 8. The van der Waals surface area contributed by atoms with E-state index in [-0.39, 0.29) is 5.75 Å². The molecule has 1 rings (SSSR count). The number of aldehydes is 1. The van der Waals surface area contributed by atoms with Crippen LogP contribution in [-0.2, 0) is 30.2 Å². The molecule has 1 aromatic carbocycles. The van der Waals surface area contributed by atoms with Gasteiger partial charge in [0.25, 0.3) is 0 Å². The van der Waals surface area contributed by atoms with Crippen LogP contribution >= 0.6 is 0 Å². The third kappa shape index (κ3) is 10.4. The molecule has 178 valence electrons. The minimum atomic E-state index is -3.93. The van der Waals surface area contributed by atoms with Crippen LogP contribution in [0.5, 0.6) is 0 Å². The lowest BCUT2D eigenvalue weighted by molar-refractivity contribution is -0.130. The summed E-state index contributed by atoms with van der Waals surface area (Å²) in [5.74, 6) is -1.58. The van der Waals surface area contributed by atoms with Crippen molar-refractivity contribution in [2.24, 2.45) is 5.73 Å². The third-order valence-corrected chi connectivity index (χ3v) is 5.67. The molecule has 2 amide bonds. The molecule has 0 bridgehead atoms. The van der Waals surface area contributed by atoms with Gasteiger partial charge in [0.2, 0.25) is 21.8 Å². The van der Waals surface area contributed by atoms with Gasteiger partial charge in [-0.15, -0.1) is 0 Å². The predicted molar refractivity (Wildman–Crippen MR) is 119 cm³/mol. The lowest BCUT2D eigenvalue weighted by Crippen LogP contribution is -2.55. The first-order valence-corrected chi connectivity index (χ1v) is 11.6. The molecule has 0 aliphatic heterocycles. The van der Waals surface area contributed by atoms with Crippen molar-refractivity contribution in [1.82, 2.24) is 20.7 Å². The molecule has 0 aliphatic rings. The van der Waals surface area contributed by atoms with Crippen LogP contribution in [0.25, 0.3) is 0 Å². The number of aliphatic hydroxyl groups excluding tert-OH is 1. The van der Waals surface area contributed by atoms with Gasteiger partial charge in [0.15, 0.2) is 0 Å². The van der Waals surface area contributed by atoms with Crippen LogP contribution in [0.1, 0.15) is 25.3 Å². The number of carbonyl (C=O) groups is 3. The zero-order chi connectivity index (χ0) is 24.1. The maximum Gasteiger partial charge on any atom is 0.242 e. The van der Waals surface area contributed by atoms with Crippen molar-refractivity contribution in [2.75, 3.05) is 13.2 Å². The van der Waals surface area contributed by atoms with Crippen LogP contribution in [0.4, 0.5) is 0 Å². The maximum atomic E-state index is 12.4. The monoisotopic (exact) mass is 469 g/mol. The van der Waals surface area contributed by atoms with Crippen molar-refractivity contribution in [1.29, 1.82) is 0 Å². The number of aliphatic hydroxyl groups is 1. The van der Waals surface area contributed by atoms with Crippen molar-refractivity contribution < 1.29 is 27.9 Å². The Hall–Kier alpha value is -2.96. The van der Waals surface area contributed by atoms with Gasteiger partial charge in [0.05, 0.1) is 24.2 Å². The van der Waals surface area contributed by atoms with Gasteiger partial charge in [-0.25, -0.2) is 13.1 Å². The number of hydrogen-bond donors (Lipinski definition) is 6. The van der Waals surface area contributed by atoms with Crippen molar-refractivity contribution in [3.63, 3.8) is 0 Å². The first-order chi connectivity index (χ1) is 15.1. The summed E-state index contributed by atoms with van der Waals surface area (Å²) in [7, 11) is -3.93. The number of benzene rings is 1. The van der Waals surface area contributed by atoms with Crippen molar-refractivity contribution >= 4 is 28.1 Å². The van der Waals surface area contributed by atoms with E-state index >= 15 is 0 Å². The molecule has 0 heterocycles. The summed E-state index contributed by atoms with van der Waals surface area (Å²) in [6.45, 7) is 4.53. The van der Waals surface area contributed by atoms with Crippen LogP contribution in [-0.4, -0.2) is 62.9 Å². The zero-order valence-electron chi connectivity index (χ0n) is 17.9. The third-order valence-electron chi connectivity index (χ3n) is 4.31. The summed E-state index contributed by atoms with van der Waals surface area (Å²) in [4.78, 5) is 35.9. The summed E-state index contributed by atoms with van der Waals surface area (Å²) in [6, 6.07) is 5.02. The van der Waals surface area contributed by atoms with Gasteiger partial charge in [-0.2, -0.15) is 0 Å². The van der Waals surface area contributed by atoms with E-state index in [2.05, 4.69) is 27.3 Å². The Labute approximate surface area is 187 Å². The molecule has 32 heavy (non-hydrogen) atoms. The topological polar surface area (TPSA) is 180 Å². The number of amides is 2. The second-order valence-electron chi connectivity index (χ2n) is 7.17. The summed E-state index contributed by atoms with van der Waals surface area (Å²) in [5, 5.41) is 17.1. The van der Waals surface area contributed by atoms with E-state index in [9.17, 15) is 27.9 Å². The highest BCUT2D eigenvalue weighted by atomic mass is 32.2. The van der Waals surface area contributed by atoms with Gasteiger partial charge in [0.1, 0.15) is 18.4 Å². The van der Waals surface area contributed by atoms with Crippen molar-refractivity contribution in [3.8, 4) is 0 Å². The summed E-state index contributed by atoms with van der Waals surface area (Å²) >= 11 is 0. The van der Waals surface area contributed by atoms with E-state index in [0.29, 0.717) is 37.1 Å². The van der Waals surface area contributed by atoms with Gasteiger partial charge < -0.3 is 31.6 Å². The predicted octanol–water partition coefficient (Wildman–Crippen LogP) is -1.54. The van der Waals surface area contributed by atoms with Crippen LogP contribution in [0.3, 0.4) is 0 Å². The molecule has 0 radical (unpaired) electrons. The molecule has 0 saturated carbocycles. The molecule has 0 fully saturated rings. The molecule has 0 spiro atoms. The summed E-state index contributed by atoms with van der Waals surface area (Å²) in [6.07, 6.45) is 1.46. The quantitative estimate of drug-likeness (QED) is 0.132.